The van der Waals surface area contributed by atoms with E-state index in [4.69, 9.17) is 11.6 Å². The molecular weight excluding hydrogens is 344 g/mol. The minimum absolute atomic E-state index is 0.303. The molecule has 0 saturated carbocycles. The molecule has 0 aliphatic carbocycles. The van der Waals surface area contributed by atoms with Crippen LogP contribution in [0, 0.1) is 0 Å². The number of benzene rings is 1. The quantitative estimate of drug-likeness (QED) is 0.536. The van der Waals surface area contributed by atoms with Gasteiger partial charge < -0.3 is 4.57 Å². The number of hydrogen-bond acceptors (Lipinski definition) is 5. The molecule has 0 amide bonds. The Labute approximate surface area is 147 Å². The molecule has 0 fully saturated rings. The van der Waals surface area contributed by atoms with Gasteiger partial charge in [-0.1, -0.05) is 36.7 Å². The minimum atomic E-state index is -0.509. The first-order valence-electron chi connectivity index (χ1n) is 7.76. The molecule has 0 saturated heterocycles. The van der Waals surface area contributed by atoms with E-state index < -0.39 is 11.2 Å². The second-order valence-electron chi connectivity index (χ2n) is 5.47. The average Bonchev–Trinajstić information content (AvgIpc) is 2.94. The Bertz CT molecular complexity index is 1060. The monoisotopic (exact) mass is 360 g/mol. The van der Waals surface area contributed by atoms with Gasteiger partial charge in [-0.15, -0.1) is 0 Å². The van der Waals surface area contributed by atoms with Crippen LogP contribution in [0.4, 0.5) is 5.95 Å². The van der Waals surface area contributed by atoms with Crippen molar-refractivity contribution in [2.45, 2.75) is 19.9 Å². The van der Waals surface area contributed by atoms with Crippen LogP contribution in [0.5, 0.6) is 0 Å². The highest BCUT2D eigenvalue weighted by molar-refractivity contribution is 6.33. The van der Waals surface area contributed by atoms with E-state index >= 15 is 0 Å². The van der Waals surface area contributed by atoms with Crippen LogP contribution >= 0.6 is 11.6 Å². The number of imidazole rings is 1. The highest BCUT2D eigenvalue weighted by Gasteiger charge is 2.16. The van der Waals surface area contributed by atoms with Crippen LogP contribution in [-0.2, 0) is 13.6 Å². The molecule has 2 heterocycles. The van der Waals surface area contributed by atoms with Crippen molar-refractivity contribution in [2.75, 3.05) is 5.43 Å². The van der Waals surface area contributed by atoms with Gasteiger partial charge in [-0.2, -0.15) is 10.1 Å². The zero-order valence-electron chi connectivity index (χ0n) is 13.8. The van der Waals surface area contributed by atoms with Gasteiger partial charge in [0.05, 0.1) is 6.21 Å². The number of aromatic amines is 1. The Morgan fingerprint density at radius 1 is 1.36 bits per heavy atom. The maximum absolute atomic E-state index is 12.2. The summed E-state index contributed by atoms with van der Waals surface area (Å²) in [5.41, 5.74) is 3.24. The van der Waals surface area contributed by atoms with Crippen molar-refractivity contribution in [3.8, 4) is 0 Å². The average molecular weight is 361 g/mol. The van der Waals surface area contributed by atoms with Gasteiger partial charge in [-0.3, -0.25) is 14.3 Å². The standard InChI is InChI=1S/C16H17ClN6O2/c1-3-8-23-12-13(22(2)16(25)20-14(12)24)19-15(23)21-18-9-10-6-4-5-7-11(10)17/h4-7,9H,3,8H2,1-2H3,(H,19,21)(H,20,24,25)/b18-9-. The van der Waals surface area contributed by atoms with Gasteiger partial charge in [0.1, 0.15) is 0 Å². The Morgan fingerprint density at radius 3 is 2.84 bits per heavy atom. The van der Waals surface area contributed by atoms with E-state index in [9.17, 15) is 9.59 Å². The van der Waals surface area contributed by atoms with E-state index in [2.05, 4.69) is 20.5 Å². The normalized spacial score (nSPS) is 11.5. The summed E-state index contributed by atoms with van der Waals surface area (Å²) in [6, 6.07) is 7.29. The van der Waals surface area contributed by atoms with E-state index in [1.807, 2.05) is 25.1 Å². The number of rotatable bonds is 5. The number of H-pyrrole nitrogens is 1. The van der Waals surface area contributed by atoms with Gasteiger partial charge in [-0.05, 0) is 12.5 Å². The molecule has 0 aliphatic rings. The van der Waals surface area contributed by atoms with Crippen LogP contribution in [0.15, 0.2) is 39.0 Å². The predicted molar refractivity (Wildman–Crippen MR) is 98.6 cm³/mol. The van der Waals surface area contributed by atoms with Gasteiger partial charge in [-0.25, -0.2) is 10.2 Å². The van der Waals surface area contributed by atoms with Crippen molar-refractivity contribution >= 4 is 34.9 Å². The maximum atomic E-state index is 12.2. The molecule has 0 unspecified atom stereocenters. The van der Waals surface area contributed by atoms with Gasteiger partial charge in [0.2, 0.25) is 5.95 Å². The van der Waals surface area contributed by atoms with E-state index in [0.717, 1.165) is 12.0 Å². The number of anilines is 1. The molecule has 3 rings (SSSR count). The third-order valence-corrected chi connectivity index (χ3v) is 4.07. The van der Waals surface area contributed by atoms with Crippen LogP contribution < -0.4 is 16.7 Å². The Morgan fingerprint density at radius 2 is 2.12 bits per heavy atom. The first-order valence-corrected chi connectivity index (χ1v) is 8.14. The molecule has 0 aliphatic heterocycles. The predicted octanol–water partition coefficient (Wildman–Crippen LogP) is 1.93. The molecule has 2 aromatic heterocycles. The second-order valence-corrected chi connectivity index (χ2v) is 5.88. The molecule has 25 heavy (non-hydrogen) atoms. The van der Waals surface area contributed by atoms with Crippen molar-refractivity contribution in [3.63, 3.8) is 0 Å². The van der Waals surface area contributed by atoms with Gasteiger partial charge in [0.15, 0.2) is 11.2 Å². The Kier molecular flexibility index (Phi) is 4.71. The molecule has 0 bridgehead atoms. The van der Waals surface area contributed by atoms with Crippen molar-refractivity contribution in [1.82, 2.24) is 19.1 Å². The molecule has 2 N–H and O–H groups in total. The summed E-state index contributed by atoms with van der Waals surface area (Å²) in [5, 5.41) is 4.73. The van der Waals surface area contributed by atoms with E-state index in [-0.39, 0.29) is 0 Å². The summed E-state index contributed by atoms with van der Waals surface area (Å²) >= 11 is 6.09. The van der Waals surface area contributed by atoms with Gasteiger partial charge in [0, 0.05) is 24.2 Å². The van der Waals surface area contributed by atoms with Gasteiger partial charge >= 0.3 is 5.69 Å². The number of aromatic nitrogens is 4. The van der Waals surface area contributed by atoms with Crippen molar-refractivity contribution in [1.29, 1.82) is 0 Å². The molecule has 130 valence electrons. The van der Waals surface area contributed by atoms with Crippen LogP contribution in [0.25, 0.3) is 11.2 Å². The first-order chi connectivity index (χ1) is 12.0. The number of nitrogens with one attached hydrogen (secondary N) is 2. The highest BCUT2D eigenvalue weighted by Crippen LogP contribution is 2.16. The summed E-state index contributed by atoms with van der Waals surface area (Å²) in [7, 11) is 1.56. The van der Waals surface area contributed by atoms with Crippen LogP contribution in [-0.4, -0.2) is 25.3 Å². The molecule has 0 radical (unpaired) electrons. The maximum Gasteiger partial charge on any atom is 0.329 e. The summed E-state index contributed by atoms with van der Waals surface area (Å²) in [5.74, 6) is 0.381. The van der Waals surface area contributed by atoms with Crippen molar-refractivity contribution in [2.24, 2.45) is 12.1 Å². The number of fused-ring (bicyclic) bond motifs is 1. The van der Waals surface area contributed by atoms with Crippen LogP contribution in [0.2, 0.25) is 5.02 Å². The molecule has 8 nitrogen and oxygen atoms in total. The zero-order valence-corrected chi connectivity index (χ0v) is 14.5. The molecular formula is C16H17ClN6O2. The van der Waals surface area contributed by atoms with E-state index in [1.165, 1.54) is 4.57 Å². The fraction of sp³-hybridized carbons (Fsp3) is 0.250. The second kappa shape index (κ2) is 6.94. The lowest BCUT2D eigenvalue weighted by molar-refractivity contribution is 0.698. The number of hydrogen-bond donors (Lipinski definition) is 2. The zero-order chi connectivity index (χ0) is 18.0. The lowest BCUT2D eigenvalue weighted by atomic mass is 10.2. The third-order valence-electron chi connectivity index (χ3n) is 3.73. The van der Waals surface area contributed by atoms with Crippen LogP contribution in [0.3, 0.4) is 0 Å². The lowest BCUT2D eigenvalue weighted by Gasteiger charge is -2.06. The van der Waals surface area contributed by atoms with Gasteiger partial charge in [0.25, 0.3) is 5.56 Å². The SMILES string of the molecule is CCCn1c(N/N=C\c2ccccc2Cl)nc2c1c(=O)[nH]c(=O)n2C. The fourth-order valence-electron chi connectivity index (χ4n) is 2.50. The number of nitrogens with zero attached hydrogens (tertiary/aromatic N) is 4. The van der Waals surface area contributed by atoms with Crippen molar-refractivity contribution in [3.05, 3.63) is 55.7 Å². The summed E-state index contributed by atoms with van der Waals surface area (Å²) < 4.78 is 3.00. The van der Waals surface area contributed by atoms with E-state index in [0.29, 0.717) is 28.7 Å². The van der Waals surface area contributed by atoms with Crippen molar-refractivity contribution < 1.29 is 0 Å². The number of hydrazone groups is 1. The fourth-order valence-corrected chi connectivity index (χ4v) is 2.69. The topological polar surface area (TPSA) is 97.1 Å². The molecule has 0 spiro atoms. The lowest BCUT2D eigenvalue weighted by Crippen LogP contribution is -2.29. The first kappa shape index (κ1) is 17.0. The molecule has 0 atom stereocenters. The highest BCUT2D eigenvalue weighted by atomic mass is 35.5. The number of halogens is 1. The minimum Gasteiger partial charge on any atom is -0.303 e. The largest absolute Gasteiger partial charge is 0.329 e. The molecule has 3 aromatic rings. The molecule has 9 heteroatoms. The van der Waals surface area contributed by atoms with Crippen LogP contribution in [0.1, 0.15) is 18.9 Å². The molecule has 1 aromatic carbocycles. The Balaban J connectivity index is 2.04. The smallest absolute Gasteiger partial charge is 0.303 e. The Hall–Kier alpha value is -2.87. The summed E-state index contributed by atoms with van der Waals surface area (Å²) in [6.07, 6.45) is 2.36. The van der Waals surface area contributed by atoms with E-state index in [1.54, 1.807) is 23.9 Å². The number of aryl methyl sites for hydroxylation is 2. The summed E-state index contributed by atoms with van der Waals surface area (Å²) in [6.45, 7) is 2.54. The third kappa shape index (κ3) is 3.20. The summed E-state index contributed by atoms with van der Waals surface area (Å²) in [4.78, 5) is 30.6.